The Morgan fingerprint density at radius 2 is 1.62 bits per heavy atom. The quantitative estimate of drug-likeness (QED) is 0.322. The Hall–Kier alpha value is -3.16. The SMILES string of the molecule is O=C(Nc1ccc(Cl)cc1)Nc1ccc2ncnc(Nc3cccc(Br)c3)c2c1. The number of nitrogens with zero attached hydrogens (tertiary/aromatic N) is 2. The maximum absolute atomic E-state index is 12.3. The van der Waals surface area contributed by atoms with Crippen LogP contribution in [0.25, 0.3) is 10.9 Å². The van der Waals surface area contributed by atoms with Gasteiger partial charge in [-0.25, -0.2) is 14.8 Å². The Bertz CT molecular complexity index is 1180. The van der Waals surface area contributed by atoms with Gasteiger partial charge in [0.2, 0.25) is 0 Å². The highest BCUT2D eigenvalue weighted by Gasteiger charge is 2.08. The molecule has 8 heteroatoms. The summed E-state index contributed by atoms with van der Waals surface area (Å²) in [6.45, 7) is 0. The summed E-state index contributed by atoms with van der Waals surface area (Å²) in [4.78, 5) is 21.0. The van der Waals surface area contributed by atoms with Crippen molar-refractivity contribution < 1.29 is 4.79 Å². The Labute approximate surface area is 180 Å². The fourth-order valence-electron chi connectivity index (χ4n) is 2.76. The first kappa shape index (κ1) is 19.2. The number of halogens is 2. The zero-order chi connectivity index (χ0) is 20.2. The predicted octanol–water partition coefficient (Wildman–Crippen LogP) is 6.43. The number of fused-ring (bicyclic) bond motifs is 1. The molecule has 4 rings (SSSR count). The molecule has 3 N–H and O–H groups in total. The molecule has 0 saturated heterocycles. The number of rotatable bonds is 4. The molecule has 29 heavy (non-hydrogen) atoms. The van der Waals surface area contributed by atoms with Crippen molar-refractivity contribution in [2.75, 3.05) is 16.0 Å². The molecule has 0 atom stereocenters. The van der Waals surface area contributed by atoms with E-state index in [0.717, 1.165) is 21.1 Å². The van der Waals surface area contributed by atoms with E-state index >= 15 is 0 Å². The summed E-state index contributed by atoms with van der Waals surface area (Å²) in [5.74, 6) is 0.648. The van der Waals surface area contributed by atoms with Gasteiger partial charge in [-0.3, -0.25) is 0 Å². The van der Waals surface area contributed by atoms with E-state index < -0.39 is 0 Å². The van der Waals surface area contributed by atoms with Crippen LogP contribution >= 0.6 is 27.5 Å². The summed E-state index contributed by atoms with van der Waals surface area (Å²) in [6, 6.07) is 19.8. The van der Waals surface area contributed by atoms with Crippen LogP contribution < -0.4 is 16.0 Å². The number of aromatic nitrogens is 2. The van der Waals surface area contributed by atoms with Gasteiger partial charge in [0.15, 0.2) is 0 Å². The molecular formula is C21H15BrClN5O. The van der Waals surface area contributed by atoms with E-state index in [1.807, 2.05) is 36.4 Å². The van der Waals surface area contributed by atoms with Crippen molar-refractivity contribution in [3.63, 3.8) is 0 Å². The lowest BCUT2D eigenvalue weighted by Gasteiger charge is -2.11. The van der Waals surface area contributed by atoms with Crippen molar-refractivity contribution >= 4 is 67.3 Å². The Kier molecular flexibility index (Phi) is 5.59. The average Bonchev–Trinajstić information content (AvgIpc) is 2.70. The van der Waals surface area contributed by atoms with Crippen molar-refractivity contribution in [2.24, 2.45) is 0 Å². The summed E-state index contributed by atoms with van der Waals surface area (Å²) in [7, 11) is 0. The van der Waals surface area contributed by atoms with Gasteiger partial charge in [0.05, 0.1) is 5.52 Å². The smallest absolute Gasteiger partial charge is 0.323 e. The van der Waals surface area contributed by atoms with Crippen LogP contribution in [-0.2, 0) is 0 Å². The fourth-order valence-corrected chi connectivity index (χ4v) is 3.29. The number of anilines is 4. The highest BCUT2D eigenvalue weighted by Crippen LogP contribution is 2.27. The molecule has 144 valence electrons. The lowest BCUT2D eigenvalue weighted by molar-refractivity contribution is 0.262. The van der Waals surface area contributed by atoms with Crippen molar-refractivity contribution in [2.45, 2.75) is 0 Å². The van der Waals surface area contributed by atoms with Gasteiger partial charge in [-0.05, 0) is 60.7 Å². The van der Waals surface area contributed by atoms with Crippen LogP contribution in [-0.4, -0.2) is 16.0 Å². The minimum absolute atomic E-state index is 0.356. The molecule has 3 aromatic carbocycles. The zero-order valence-electron chi connectivity index (χ0n) is 15.0. The van der Waals surface area contributed by atoms with E-state index in [0.29, 0.717) is 22.2 Å². The number of hydrogen-bond donors (Lipinski definition) is 3. The second-order valence-electron chi connectivity index (χ2n) is 6.18. The monoisotopic (exact) mass is 467 g/mol. The number of urea groups is 1. The van der Waals surface area contributed by atoms with Gasteiger partial charge in [0.1, 0.15) is 12.1 Å². The van der Waals surface area contributed by atoms with Gasteiger partial charge < -0.3 is 16.0 Å². The molecule has 0 bridgehead atoms. The third kappa shape index (κ3) is 4.82. The maximum atomic E-state index is 12.3. The Balaban J connectivity index is 1.56. The number of amides is 2. The molecule has 2 amide bonds. The van der Waals surface area contributed by atoms with E-state index in [1.54, 1.807) is 30.3 Å². The highest BCUT2D eigenvalue weighted by atomic mass is 79.9. The third-order valence-electron chi connectivity index (χ3n) is 4.08. The molecule has 0 saturated carbocycles. The minimum atomic E-state index is -0.356. The zero-order valence-corrected chi connectivity index (χ0v) is 17.3. The van der Waals surface area contributed by atoms with Gasteiger partial charge in [-0.2, -0.15) is 0 Å². The maximum Gasteiger partial charge on any atom is 0.323 e. The summed E-state index contributed by atoms with van der Waals surface area (Å²) in [5, 5.41) is 10.3. The largest absolute Gasteiger partial charge is 0.340 e. The van der Waals surface area contributed by atoms with E-state index in [9.17, 15) is 4.79 Å². The van der Waals surface area contributed by atoms with Crippen molar-refractivity contribution in [3.8, 4) is 0 Å². The molecule has 0 unspecified atom stereocenters. The standard InChI is InChI=1S/C21H15BrClN5O/c22-13-2-1-3-16(10-13)26-20-18-11-17(8-9-19(18)24-12-25-20)28-21(29)27-15-6-4-14(23)5-7-15/h1-12H,(H,24,25,26)(H2,27,28,29). The molecule has 0 aliphatic rings. The molecule has 0 radical (unpaired) electrons. The van der Waals surface area contributed by atoms with Crippen LogP contribution in [0, 0.1) is 0 Å². The lowest BCUT2D eigenvalue weighted by atomic mass is 10.2. The van der Waals surface area contributed by atoms with Crippen LogP contribution in [0.2, 0.25) is 5.02 Å². The summed E-state index contributed by atoms with van der Waals surface area (Å²) in [6.07, 6.45) is 1.50. The first-order valence-electron chi connectivity index (χ1n) is 8.68. The van der Waals surface area contributed by atoms with E-state index in [2.05, 4.69) is 41.8 Å². The first-order chi connectivity index (χ1) is 14.1. The molecule has 1 heterocycles. The lowest BCUT2D eigenvalue weighted by Crippen LogP contribution is -2.19. The number of nitrogens with one attached hydrogen (secondary N) is 3. The third-order valence-corrected chi connectivity index (χ3v) is 4.83. The second-order valence-corrected chi connectivity index (χ2v) is 7.53. The summed E-state index contributed by atoms with van der Waals surface area (Å²) < 4.78 is 0.960. The molecule has 6 nitrogen and oxygen atoms in total. The van der Waals surface area contributed by atoms with E-state index in [1.165, 1.54) is 6.33 Å². The first-order valence-corrected chi connectivity index (χ1v) is 9.85. The summed E-state index contributed by atoms with van der Waals surface area (Å²) >= 11 is 9.33. The van der Waals surface area contributed by atoms with Crippen molar-refractivity contribution in [1.82, 2.24) is 9.97 Å². The molecule has 0 spiro atoms. The van der Waals surface area contributed by atoms with Crippen LogP contribution in [0.5, 0.6) is 0 Å². The average molecular weight is 469 g/mol. The van der Waals surface area contributed by atoms with Crippen LogP contribution in [0.15, 0.2) is 77.5 Å². The highest BCUT2D eigenvalue weighted by molar-refractivity contribution is 9.10. The number of benzene rings is 3. The molecule has 1 aromatic heterocycles. The van der Waals surface area contributed by atoms with Crippen LogP contribution in [0.3, 0.4) is 0 Å². The number of carbonyl (C=O) groups excluding carboxylic acids is 1. The molecule has 0 fully saturated rings. The normalized spacial score (nSPS) is 10.6. The molecule has 0 aliphatic carbocycles. The Morgan fingerprint density at radius 3 is 2.41 bits per heavy atom. The fraction of sp³-hybridized carbons (Fsp3) is 0. The van der Waals surface area contributed by atoms with Gasteiger partial charge in [-0.15, -0.1) is 0 Å². The van der Waals surface area contributed by atoms with Gasteiger partial charge in [0, 0.05) is 31.9 Å². The minimum Gasteiger partial charge on any atom is -0.340 e. The molecule has 0 aliphatic heterocycles. The second kappa shape index (κ2) is 8.46. The van der Waals surface area contributed by atoms with Gasteiger partial charge >= 0.3 is 6.03 Å². The molecular weight excluding hydrogens is 454 g/mol. The summed E-state index contributed by atoms with van der Waals surface area (Å²) in [5.41, 5.74) is 2.92. The van der Waals surface area contributed by atoms with Crippen LogP contribution in [0.4, 0.5) is 27.7 Å². The van der Waals surface area contributed by atoms with E-state index in [-0.39, 0.29) is 6.03 Å². The van der Waals surface area contributed by atoms with Crippen LogP contribution in [0.1, 0.15) is 0 Å². The predicted molar refractivity (Wildman–Crippen MR) is 121 cm³/mol. The van der Waals surface area contributed by atoms with Gasteiger partial charge in [0.25, 0.3) is 0 Å². The Morgan fingerprint density at radius 1 is 0.862 bits per heavy atom. The topological polar surface area (TPSA) is 78.9 Å². The van der Waals surface area contributed by atoms with Crippen molar-refractivity contribution in [3.05, 3.63) is 82.6 Å². The van der Waals surface area contributed by atoms with E-state index in [4.69, 9.17) is 11.6 Å². The molecule has 4 aromatic rings. The number of hydrogen-bond acceptors (Lipinski definition) is 4. The van der Waals surface area contributed by atoms with Gasteiger partial charge in [-0.1, -0.05) is 33.6 Å². The number of carbonyl (C=O) groups is 1. The van der Waals surface area contributed by atoms with Crippen molar-refractivity contribution in [1.29, 1.82) is 0 Å².